The molecule has 2 aliphatic rings. The van der Waals surface area contributed by atoms with E-state index in [-0.39, 0.29) is 11.3 Å². The topological polar surface area (TPSA) is 67.4 Å². The molecule has 1 amide bonds. The fraction of sp³-hybridized carbons (Fsp3) is 0.833. The average Bonchev–Trinajstić information content (AvgIpc) is 3.11. The van der Waals surface area contributed by atoms with Crippen molar-refractivity contribution in [2.75, 3.05) is 25.0 Å². The van der Waals surface area contributed by atoms with Crippen molar-refractivity contribution in [1.29, 1.82) is 0 Å². The third-order valence-corrected chi connectivity index (χ3v) is 6.41. The second-order valence-corrected chi connectivity index (χ2v) is 8.09. The van der Waals surface area contributed by atoms with Crippen molar-refractivity contribution in [3.63, 3.8) is 0 Å². The van der Waals surface area contributed by atoms with E-state index in [1.165, 1.54) is 43.4 Å². The molecule has 0 bridgehead atoms. The Balaban J connectivity index is 1.67. The van der Waals surface area contributed by atoms with Gasteiger partial charge in [-0.25, -0.2) is 0 Å². The molecule has 0 radical (unpaired) electrons. The molecule has 140 valence electrons. The predicted octanol–water partition coefficient (Wildman–Crippen LogP) is 3.32. The zero-order valence-corrected chi connectivity index (χ0v) is 16.2. The molecular weight excluding hydrogens is 336 g/mol. The van der Waals surface area contributed by atoms with E-state index in [4.69, 9.17) is 4.74 Å². The van der Waals surface area contributed by atoms with Crippen molar-refractivity contribution in [2.45, 2.75) is 70.9 Å². The van der Waals surface area contributed by atoms with Gasteiger partial charge >= 0.3 is 0 Å². The lowest BCUT2D eigenvalue weighted by Gasteiger charge is -2.60. The molecule has 2 aliphatic carbocycles. The zero-order chi connectivity index (χ0) is 17.7. The first-order valence-corrected chi connectivity index (χ1v) is 10.5. The van der Waals surface area contributed by atoms with Crippen LogP contribution in [0.2, 0.25) is 0 Å². The number of nitrogens with one attached hydrogen (secondary N) is 1. The van der Waals surface area contributed by atoms with Gasteiger partial charge in [-0.15, -0.1) is 10.2 Å². The average molecular weight is 367 g/mol. The molecular formula is C18H30N4O2S. The van der Waals surface area contributed by atoms with E-state index in [1.807, 2.05) is 0 Å². The molecule has 25 heavy (non-hydrogen) atoms. The van der Waals surface area contributed by atoms with E-state index in [9.17, 15) is 4.79 Å². The number of hydrogen-bond donors (Lipinski definition) is 1. The minimum Gasteiger partial charge on any atom is -0.378 e. The number of aromatic nitrogens is 2. The van der Waals surface area contributed by atoms with Gasteiger partial charge in [-0.2, -0.15) is 0 Å². The molecule has 2 fully saturated rings. The number of carbonyl (C=O) groups is 1. The Morgan fingerprint density at radius 1 is 1.40 bits per heavy atom. The summed E-state index contributed by atoms with van der Waals surface area (Å²) in [5.74, 6) is 0.0102. The number of carbonyl (C=O) groups excluding carboxylic acids is 1. The molecule has 3 rings (SSSR count). The predicted molar refractivity (Wildman–Crippen MR) is 99.7 cm³/mol. The molecule has 1 heterocycles. The molecule has 7 heteroatoms. The molecule has 0 aromatic carbocycles. The van der Waals surface area contributed by atoms with Crippen LogP contribution in [0.3, 0.4) is 0 Å². The summed E-state index contributed by atoms with van der Waals surface area (Å²) in [5.41, 5.74) is 1.89. The Bertz CT molecular complexity index is 545. The highest BCUT2D eigenvalue weighted by Crippen LogP contribution is 2.55. The Hall–Kier alpha value is -1.05. The maximum atomic E-state index is 12.5. The molecule has 0 aliphatic heterocycles. The smallest absolute Gasteiger partial charge is 0.240 e. The monoisotopic (exact) mass is 366 g/mol. The number of ether oxygens (including phenoxy) is 1. The van der Waals surface area contributed by atoms with Crippen LogP contribution in [0, 0.1) is 5.41 Å². The van der Waals surface area contributed by atoms with Gasteiger partial charge in [-0.1, -0.05) is 37.5 Å². The first kappa shape index (κ1) is 18.7. The van der Waals surface area contributed by atoms with E-state index in [1.54, 1.807) is 5.51 Å². The van der Waals surface area contributed by atoms with Gasteiger partial charge in [-0.3, -0.25) is 15.0 Å². The lowest BCUT2D eigenvalue weighted by atomic mass is 9.54. The Kier molecular flexibility index (Phi) is 6.41. The fourth-order valence-electron chi connectivity index (χ4n) is 4.74. The number of hydrogen-bond acceptors (Lipinski definition) is 6. The van der Waals surface area contributed by atoms with Gasteiger partial charge in [0.25, 0.3) is 0 Å². The first-order valence-electron chi connectivity index (χ1n) is 9.61. The SMILES string of the molecule is CCCN(CC(=O)Nc1nncs1)[C@@H]1C[C@H](OCC)C12CCCCC2. The molecule has 1 aromatic heterocycles. The van der Waals surface area contributed by atoms with Crippen LogP contribution in [0.15, 0.2) is 5.51 Å². The molecule has 1 N–H and O–H groups in total. The third-order valence-electron chi connectivity index (χ3n) is 5.80. The maximum absolute atomic E-state index is 12.5. The Morgan fingerprint density at radius 2 is 2.20 bits per heavy atom. The van der Waals surface area contributed by atoms with Crippen molar-refractivity contribution in [2.24, 2.45) is 5.41 Å². The highest BCUT2D eigenvalue weighted by atomic mass is 32.1. The van der Waals surface area contributed by atoms with Crippen molar-refractivity contribution in [3.05, 3.63) is 5.51 Å². The number of anilines is 1. The molecule has 2 atom stereocenters. The summed E-state index contributed by atoms with van der Waals surface area (Å²) in [6.07, 6.45) is 8.86. The van der Waals surface area contributed by atoms with E-state index in [0.717, 1.165) is 26.0 Å². The summed E-state index contributed by atoms with van der Waals surface area (Å²) in [6, 6.07) is 0.462. The molecule has 0 unspecified atom stereocenters. The van der Waals surface area contributed by atoms with Gasteiger partial charge in [0.15, 0.2) is 0 Å². The summed E-state index contributed by atoms with van der Waals surface area (Å²) in [7, 11) is 0. The normalized spacial score (nSPS) is 25.1. The van der Waals surface area contributed by atoms with Crippen LogP contribution >= 0.6 is 11.3 Å². The minimum absolute atomic E-state index is 0.0102. The fourth-order valence-corrected chi connectivity index (χ4v) is 5.20. The summed E-state index contributed by atoms with van der Waals surface area (Å²) in [6.45, 7) is 6.43. The molecule has 0 saturated heterocycles. The largest absolute Gasteiger partial charge is 0.378 e. The van der Waals surface area contributed by atoms with E-state index in [0.29, 0.717) is 23.8 Å². The van der Waals surface area contributed by atoms with Crippen molar-refractivity contribution in [1.82, 2.24) is 15.1 Å². The summed E-state index contributed by atoms with van der Waals surface area (Å²) in [4.78, 5) is 14.9. The highest BCUT2D eigenvalue weighted by molar-refractivity contribution is 7.13. The maximum Gasteiger partial charge on any atom is 0.240 e. The van der Waals surface area contributed by atoms with Gasteiger partial charge in [0, 0.05) is 18.1 Å². The molecule has 2 saturated carbocycles. The lowest BCUT2D eigenvalue weighted by Crippen LogP contribution is -2.66. The molecule has 1 aromatic rings. The Morgan fingerprint density at radius 3 is 2.84 bits per heavy atom. The highest BCUT2D eigenvalue weighted by Gasteiger charge is 2.57. The summed E-state index contributed by atoms with van der Waals surface area (Å²) in [5, 5.41) is 11.1. The third kappa shape index (κ3) is 4.04. The standard InChI is InChI=1S/C18H30N4O2S/c1-3-10-22(12-16(23)20-17-21-19-13-25-17)14-11-15(24-4-2)18(14)8-6-5-7-9-18/h13-15H,3-12H2,1-2H3,(H,20,21,23)/t14-,15+/m1/s1. The van der Waals surface area contributed by atoms with Crippen LogP contribution in [0.5, 0.6) is 0 Å². The van der Waals surface area contributed by atoms with Crippen LogP contribution in [-0.4, -0.2) is 52.8 Å². The van der Waals surface area contributed by atoms with Crippen molar-refractivity contribution >= 4 is 22.4 Å². The van der Waals surface area contributed by atoms with Crippen LogP contribution < -0.4 is 5.32 Å². The Labute approximate surface area is 154 Å². The van der Waals surface area contributed by atoms with Crippen LogP contribution in [-0.2, 0) is 9.53 Å². The number of amides is 1. The summed E-state index contributed by atoms with van der Waals surface area (Å²) >= 11 is 1.36. The van der Waals surface area contributed by atoms with Crippen molar-refractivity contribution in [3.8, 4) is 0 Å². The quantitative estimate of drug-likeness (QED) is 0.764. The second-order valence-electron chi connectivity index (χ2n) is 7.25. The van der Waals surface area contributed by atoms with Gasteiger partial charge in [0.05, 0.1) is 12.6 Å². The zero-order valence-electron chi connectivity index (χ0n) is 15.4. The van der Waals surface area contributed by atoms with Gasteiger partial charge in [-0.05, 0) is 39.2 Å². The van der Waals surface area contributed by atoms with Gasteiger partial charge in [0.1, 0.15) is 5.51 Å². The van der Waals surface area contributed by atoms with Crippen LogP contribution in [0.1, 0.15) is 58.8 Å². The second kappa shape index (κ2) is 8.56. The summed E-state index contributed by atoms with van der Waals surface area (Å²) < 4.78 is 6.08. The van der Waals surface area contributed by atoms with Crippen molar-refractivity contribution < 1.29 is 9.53 Å². The van der Waals surface area contributed by atoms with E-state index >= 15 is 0 Å². The van der Waals surface area contributed by atoms with Gasteiger partial charge in [0.2, 0.25) is 11.0 Å². The van der Waals surface area contributed by atoms with E-state index < -0.39 is 0 Å². The lowest BCUT2D eigenvalue weighted by molar-refractivity contribution is -0.183. The number of nitrogens with zero attached hydrogens (tertiary/aromatic N) is 3. The first-order chi connectivity index (χ1) is 12.2. The van der Waals surface area contributed by atoms with Gasteiger partial charge < -0.3 is 4.74 Å². The van der Waals surface area contributed by atoms with E-state index in [2.05, 4.69) is 34.3 Å². The molecule has 1 spiro atoms. The minimum atomic E-state index is 0.0102. The van der Waals surface area contributed by atoms with Crippen LogP contribution in [0.25, 0.3) is 0 Å². The molecule has 6 nitrogen and oxygen atoms in total. The van der Waals surface area contributed by atoms with Crippen LogP contribution in [0.4, 0.5) is 5.13 Å². The number of rotatable bonds is 8.